The third kappa shape index (κ3) is 4.30. The Morgan fingerprint density at radius 2 is 2.03 bits per heavy atom. The van der Waals surface area contributed by atoms with Crippen LogP contribution in [-0.4, -0.2) is 42.4 Å². The summed E-state index contributed by atoms with van der Waals surface area (Å²) in [5.41, 5.74) is 3.58. The smallest absolute Gasteiger partial charge is 0.287 e. The van der Waals surface area contributed by atoms with E-state index in [0.717, 1.165) is 28.7 Å². The van der Waals surface area contributed by atoms with Crippen LogP contribution in [-0.2, 0) is 17.9 Å². The minimum absolute atomic E-state index is 0.0350. The zero-order valence-electron chi connectivity index (χ0n) is 19.2. The van der Waals surface area contributed by atoms with Crippen LogP contribution < -0.4 is 11.0 Å². The minimum Gasteiger partial charge on any atom is -0.388 e. The summed E-state index contributed by atoms with van der Waals surface area (Å²) >= 11 is 11.8. The van der Waals surface area contributed by atoms with Gasteiger partial charge in [-0.15, -0.1) is 0 Å². The molecule has 0 unspecified atom stereocenters. The van der Waals surface area contributed by atoms with Gasteiger partial charge in [-0.1, -0.05) is 37.0 Å². The number of aliphatic hydroxyl groups is 1. The number of nitrogens with one attached hydrogen (secondary N) is 1. The summed E-state index contributed by atoms with van der Waals surface area (Å²) in [6.07, 6.45) is 6.38. The fourth-order valence-electron chi connectivity index (χ4n) is 5.37. The number of nitrogens with zero attached hydrogens (tertiary/aromatic N) is 4. The van der Waals surface area contributed by atoms with Gasteiger partial charge in [0.15, 0.2) is 0 Å². The average molecular weight is 494 g/mol. The lowest BCUT2D eigenvalue weighted by molar-refractivity contribution is -0.218. The number of aromatic nitrogens is 3. The molecular formula is C23H29Cl2N5O3. The Bertz CT molecular complexity index is 1130. The predicted octanol–water partition coefficient (Wildman–Crippen LogP) is 2.97. The molecule has 2 aromatic heterocycles. The Labute approximate surface area is 202 Å². The Morgan fingerprint density at radius 1 is 1.30 bits per heavy atom. The highest BCUT2D eigenvalue weighted by Crippen LogP contribution is 2.62. The maximum Gasteiger partial charge on any atom is 0.287 e. The highest BCUT2D eigenvalue weighted by Gasteiger charge is 2.63. The Hall–Kier alpha value is -2.00. The fourth-order valence-corrected chi connectivity index (χ4v) is 5.64. The van der Waals surface area contributed by atoms with Crippen LogP contribution in [0.15, 0.2) is 29.5 Å². The first-order valence-corrected chi connectivity index (χ1v) is 11.8. The van der Waals surface area contributed by atoms with E-state index < -0.39 is 11.2 Å². The lowest BCUT2D eigenvalue weighted by atomic mass is 9.43. The molecule has 3 fully saturated rings. The molecule has 178 valence electrons. The molecule has 3 saturated carbocycles. The molecule has 1 amide bonds. The van der Waals surface area contributed by atoms with E-state index in [0.29, 0.717) is 5.92 Å². The minimum atomic E-state index is -0.983. The van der Waals surface area contributed by atoms with Crippen molar-refractivity contribution in [1.82, 2.24) is 25.2 Å². The molecule has 8 nitrogen and oxygen atoms in total. The monoisotopic (exact) mass is 493 g/mol. The Morgan fingerprint density at radius 3 is 2.67 bits per heavy atom. The molecule has 5 rings (SSSR count). The number of halogens is 2. The third-order valence-electron chi connectivity index (χ3n) is 7.71. The molecule has 0 aliphatic heterocycles. The zero-order chi connectivity index (χ0) is 24.1. The van der Waals surface area contributed by atoms with Crippen LogP contribution in [0.4, 0.5) is 0 Å². The maximum atomic E-state index is 13.4. The molecule has 3 aliphatic carbocycles. The second kappa shape index (κ2) is 8.65. The number of carbonyl (C=O) groups excluding carboxylic acids is 1. The first-order chi connectivity index (χ1) is 15.4. The van der Waals surface area contributed by atoms with Gasteiger partial charge < -0.3 is 5.11 Å². The topological polar surface area (TPSA) is 100 Å². The summed E-state index contributed by atoms with van der Waals surface area (Å²) in [6.45, 7) is 8.08. The van der Waals surface area contributed by atoms with Gasteiger partial charge in [-0.2, -0.15) is 5.10 Å². The standard InChI is InChI=1S/C23H29Cl2N5O3/c1-13-9-26-6-5-14(13)11-29(19(31)12-30-21(32)20(25)16(24)10-27-30)28-18-8-15-7-17(22(15,2)3)23(18,4)33/h5-6,9-10,15,17-18,28,33H,7-8,11-12H2,1-4H3/t15-,17-,18+,23-/m0/s1. The van der Waals surface area contributed by atoms with Gasteiger partial charge in [0.25, 0.3) is 11.5 Å². The van der Waals surface area contributed by atoms with Gasteiger partial charge in [-0.3, -0.25) is 19.6 Å². The fraction of sp³-hybridized carbons (Fsp3) is 0.565. The SMILES string of the molecule is Cc1cnccc1CN(N[C@@H]1C[C@@H]2C[C@@H](C2(C)C)[C@]1(C)O)C(=O)Cn1ncc(Cl)c(Cl)c1=O. The van der Waals surface area contributed by atoms with E-state index >= 15 is 0 Å². The molecule has 0 aromatic carbocycles. The zero-order valence-corrected chi connectivity index (χ0v) is 20.7. The van der Waals surface area contributed by atoms with E-state index in [1.165, 1.54) is 11.2 Å². The number of hydrazine groups is 1. The molecule has 0 saturated heterocycles. The number of hydrogen-bond acceptors (Lipinski definition) is 6. The maximum absolute atomic E-state index is 13.4. The van der Waals surface area contributed by atoms with Crippen molar-refractivity contribution >= 4 is 29.1 Å². The second-order valence-electron chi connectivity index (χ2n) is 10.0. The van der Waals surface area contributed by atoms with Crippen LogP contribution in [0, 0.1) is 24.2 Å². The molecule has 33 heavy (non-hydrogen) atoms. The number of pyridine rings is 1. The molecule has 2 bridgehead atoms. The van der Waals surface area contributed by atoms with Crippen molar-refractivity contribution in [3.63, 3.8) is 0 Å². The van der Waals surface area contributed by atoms with Gasteiger partial charge in [0, 0.05) is 12.4 Å². The molecule has 10 heteroatoms. The van der Waals surface area contributed by atoms with E-state index in [2.05, 4.69) is 29.4 Å². The van der Waals surface area contributed by atoms with E-state index in [1.54, 1.807) is 12.4 Å². The molecule has 2 aromatic rings. The van der Waals surface area contributed by atoms with Crippen molar-refractivity contribution < 1.29 is 9.90 Å². The number of hydrogen-bond donors (Lipinski definition) is 2. The van der Waals surface area contributed by atoms with Crippen LogP contribution >= 0.6 is 23.2 Å². The lowest BCUT2D eigenvalue weighted by Crippen LogP contribution is -2.71. The largest absolute Gasteiger partial charge is 0.388 e. The molecule has 2 heterocycles. The number of aryl methyl sites for hydroxylation is 1. The van der Waals surface area contributed by atoms with Crippen LogP contribution in [0.2, 0.25) is 10.0 Å². The van der Waals surface area contributed by atoms with Crippen LogP contribution in [0.25, 0.3) is 0 Å². The van der Waals surface area contributed by atoms with Gasteiger partial charge in [-0.25, -0.2) is 10.1 Å². The van der Waals surface area contributed by atoms with Crippen LogP contribution in [0.3, 0.4) is 0 Å². The van der Waals surface area contributed by atoms with Crippen molar-refractivity contribution in [3.05, 3.63) is 56.2 Å². The third-order valence-corrected chi connectivity index (χ3v) is 8.46. The quantitative estimate of drug-likeness (QED) is 0.599. The van der Waals surface area contributed by atoms with Crippen molar-refractivity contribution in [1.29, 1.82) is 0 Å². The molecule has 0 radical (unpaired) electrons. The van der Waals surface area contributed by atoms with Crippen molar-refractivity contribution in [3.8, 4) is 0 Å². The molecular weight excluding hydrogens is 465 g/mol. The van der Waals surface area contributed by atoms with Gasteiger partial charge in [0.1, 0.15) is 11.6 Å². The van der Waals surface area contributed by atoms with Crippen molar-refractivity contribution in [2.24, 2.45) is 17.3 Å². The van der Waals surface area contributed by atoms with E-state index in [-0.39, 0.29) is 46.4 Å². The van der Waals surface area contributed by atoms with Crippen LogP contribution in [0.1, 0.15) is 44.7 Å². The van der Waals surface area contributed by atoms with E-state index in [4.69, 9.17) is 23.2 Å². The Kier molecular flexibility index (Phi) is 6.33. The molecule has 0 spiro atoms. The normalized spacial score (nSPS) is 27.7. The van der Waals surface area contributed by atoms with Crippen molar-refractivity contribution in [2.45, 2.75) is 65.3 Å². The number of rotatable bonds is 6. The summed E-state index contributed by atoms with van der Waals surface area (Å²) in [7, 11) is 0. The Balaban J connectivity index is 1.60. The summed E-state index contributed by atoms with van der Waals surface area (Å²) in [5.74, 6) is 0.230. The highest BCUT2D eigenvalue weighted by atomic mass is 35.5. The lowest BCUT2D eigenvalue weighted by Gasteiger charge is -2.65. The summed E-state index contributed by atoms with van der Waals surface area (Å²) in [5, 5.41) is 16.7. The summed E-state index contributed by atoms with van der Waals surface area (Å²) in [6, 6.07) is 1.54. The van der Waals surface area contributed by atoms with E-state index in [9.17, 15) is 14.7 Å². The molecule has 2 N–H and O–H groups in total. The van der Waals surface area contributed by atoms with Crippen molar-refractivity contribution in [2.75, 3.05) is 0 Å². The molecule has 4 atom stereocenters. The van der Waals surface area contributed by atoms with Gasteiger partial charge in [0.05, 0.1) is 29.4 Å². The summed E-state index contributed by atoms with van der Waals surface area (Å²) in [4.78, 5) is 29.9. The van der Waals surface area contributed by atoms with Crippen LogP contribution in [0.5, 0.6) is 0 Å². The highest BCUT2D eigenvalue weighted by molar-refractivity contribution is 6.41. The average Bonchev–Trinajstić information content (AvgIpc) is 2.75. The van der Waals surface area contributed by atoms with Gasteiger partial charge in [-0.05, 0) is 61.1 Å². The number of carbonyl (C=O) groups is 1. The van der Waals surface area contributed by atoms with Gasteiger partial charge in [0.2, 0.25) is 0 Å². The van der Waals surface area contributed by atoms with Gasteiger partial charge >= 0.3 is 0 Å². The second-order valence-corrected chi connectivity index (χ2v) is 10.8. The first kappa shape index (κ1) is 24.1. The number of fused-ring (bicyclic) bond motifs is 2. The molecule has 3 aliphatic rings. The summed E-state index contributed by atoms with van der Waals surface area (Å²) < 4.78 is 0.990. The predicted molar refractivity (Wildman–Crippen MR) is 126 cm³/mol. The number of amides is 1. The first-order valence-electron chi connectivity index (χ1n) is 11.0. The van der Waals surface area contributed by atoms with E-state index in [1.807, 2.05) is 19.9 Å².